The molecule has 5 rings (SSSR count). The molecule has 164 valence electrons. The molecule has 0 radical (unpaired) electrons. The third kappa shape index (κ3) is 3.77. The molecule has 1 aromatic rings. The summed E-state index contributed by atoms with van der Waals surface area (Å²) in [5.74, 6) is 2.03. The predicted octanol–water partition coefficient (Wildman–Crippen LogP) is 5.12. The molecule has 4 atom stereocenters. The molecule has 0 spiro atoms. The summed E-state index contributed by atoms with van der Waals surface area (Å²) in [4.78, 5) is 16.7. The van der Waals surface area contributed by atoms with Crippen LogP contribution in [-0.4, -0.2) is 37.1 Å². The number of nitrogens with zero attached hydrogens (tertiary/aromatic N) is 2. The van der Waals surface area contributed by atoms with Crippen LogP contribution >= 0.6 is 0 Å². The van der Waals surface area contributed by atoms with Crippen LogP contribution in [0.2, 0.25) is 0 Å². The number of benzene rings is 1. The second kappa shape index (κ2) is 8.90. The van der Waals surface area contributed by atoms with Crippen molar-refractivity contribution in [2.45, 2.75) is 102 Å². The SMILES string of the molecule is CCN1c2ccccc2N(C2CCC(NC3CCC4CCCCC4C3)CC2)C1C=O. The maximum Gasteiger partial charge on any atom is 0.162 e. The summed E-state index contributed by atoms with van der Waals surface area (Å²) in [5.41, 5.74) is 2.48. The van der Waals surface area contributed by atoms with Crippen LogP contribution < -0.4 is 15.1 Å². The first-order chi connectivity index (χ1) is 14.8. The summed E-state index contributed by atoms with van der Waals surface area (Å²) in [6.45, 7) is 3.02. The van der Waals surface area contributed by atoms with Gasteiger partial charge < -0.3 is 15.1 Å². The van der Waals surface area contributed by atoms with Crippen molar-refractivity contribution in [1.29, 1.82) is 0 Å². The van der Waals surface area contributed by atoms with Crippen molar-refractivity contribution < 1.29 is 4.79 Å². The molecular formula is C26H39N3O. The molecule has 0 amide bonds. The van der Waals surface area contributed by atoms with E-state index in [-0.39, 0.29) is 6.17 Å². The lowest BCUT2D eigenvalue weighted by molar-refractivity contribution is -0.109. The van der Waals surface area contributed by atoms with Crippen molar-refractivity contribution >= 4 is 17.7 Å². The number of aldehydes is 1. The van der Waals surface area contributed by atoms with Gasteiger partial charge in [0.15, 0.2) is 12.5 Å². The molecule has 4 aliphatic rings. The zero-order valence-electron chi connectivity index (χ0n) is 18.6. The van der Waals surface area contributed by atoms with Gasteiger partial charge in [-0.15, -0.1) is 0 Å². The van der Waals surface area contributed by atoms with Crippen LogP contribution in [0.5, 0.6) is 0 Å². The maximum absolute atomic E-state index is 12.0. The molecule has 4 heteroatoms. The van der Waals surface area contributed by atoms with E-state index in [1.54, 1.807) is 0 Å². The van der Waals surface area contributed by atoms with Gasteiger partial charge in [-0.3, -0.25) is 4.79 Å². The molecule has 3 saturated carbocycles. The lowest BCUT2D eigenvalue weighted by Crippen LogP contribution is -2.52. The quantitative estimate of drug-likeness (QED) is 0.685. The fourth-order valence-corrected chi connectivity index (χ4v) is 7.15. The van der Waals surface area contributed by atoms with Gasteiger partial charge in [-0.25, -0.2) is 0 Å². The van der Waals surface area contributed by atoms with Gasteiger partial charge in [0.25, 0.3) is 0 Å². The average molecular weight is 410 g/mol. The van der Waals surface area contributed by atoms with Gasteiger partial charge in [-0.05, 0) is 75.8 Å². The van der Waals surface area contributed by atoms with E-state index < -0.39 is 0 Å². The number of hydrogen-bond donors (Lipinski definition) is 1. The average Bonchev–Trinajstić information content (AvgIpc) is 3.13. The number of anilines is 2. The fourth-order valence-electron chi connectivity index (χ4n) is 7.15. The van der Waals surface area contributed by atoms with Crippen LogP contribution in [0.4, 0.5) is 11.4 Å². The Morgan fingerprint density at radius 2 is 1.60 bits per heavy atom. The minimum absolute atomic E-state index is 0.136. The second-order valence-electron chi connectivity index (χ2n) is 10.2. The number of likely N-dealkylation sites (N-methyl/N-ethyl adjacent to an activating group) is 1. The summed E-state index contributed by atoms with van der Waals surface area (Å²) < 4.78 is 0. The van der Waals surface area contributed by atoms with Crippen LogP contribution in [0.25, 0.3) is 0 Å². The summed E-state index contributed by atoms with van der Waals surface area (Å²) in [7, 11) is 0. The van der Waals surface area contributed by atoms with E-state index >= 15 is 0 Å². The Kier molecular flexibility index (Phi) is 6.04. The van der Waals surface area contributed by atoms with Crippen LogP contribution in [0.3, 0.4) is 0 Å². The van der Waals surface area contributed by atoms with Crippen molar-refractivity contribution in [3.05, 3.63) is 24.3 Å². The number of nitrogens with one attached hydrogen (secondary N) is 1. The Bertz CT molecular complexity index is 729. The minimum atomic E-state index is -0.136. The Morgan fingerprint density at radius 1 is 0.900 bits per heavy atom. The van der Waals surface area contributed by atoms with E-state index in [0.29, 0.717) is 12.1 Å². The summed E-state index contributed by atoms with van der Waals surface area (Å²) in [6.07, 6.45) is 16.0. The number of carbonyl (C=O) groups excluding carboxylic acids is 1. The largest absolute Gasteiger partial charge is 0.344 e. The van der Waals surface area contributed by atoms with Crippen LogP contribution in [-0.2, 0) is 4.79 Å². The monoisotopic (exact) mass is 409 g/mol. The smallest absolute Gasteiger partial charge is 0.162 e. The normalized spacial score (nSPS) is 36.3. The van der Waals surface area contributed by atoms with Gasteiger partial charge in [0.2, 0.25) is 0 Å². The zero-order chi connectivity index (χ0) is 20.5. The van der Waals surface area contributed by atoms with Crippen molar-refractivity contribution in [2.75, 3.05) is 16.3 Å². The first-order valence-corrected chi connectivity index (χ1v) is 12.6. The highest BCUT2D eigenvalue weighted by molar-refractivity contribution is 5.86. The van der Waals surface area contributed by atoms with Crippen molar-refractivity contribution in [3.8, 4) is 0 Å². The number of carbonyl (C=O) groups is 1. The fraction of sp³-hybridized carbons (Fsp3) is 0.731. The summed E-state index contributed by atoms with van der Waals surface area (Å²) in [6, 6.07) is 10.5. The third-order valence-corrected chi connectivity index (χ3v) is 8.64. The van der Waals surface area contributed by atoms with Crippen molar-refractivity contribution in [3.63, 3.8) is 0 Å². The van der Waals surface area contributed by atoms with Crippen LogP contribution in [0.1, 0.15) is 77.6 Å². The van der Waals surface area contributed by atoms with Gasteiger partial charge >= 0.3 is 0 Å². The molecule has 1 heterocycles. The van der Waals surface area contributed by atoms with E-state index in [0.717, 1.165) is 30.7 Å². The molecule has 3 fully saturated rings. The first-order valence-electron chi connectivity index (χ1n) is 12.6. The molecule has 0 saturated heterocycles. The maximum atomic E-state index is 12.0. The van der Waals surface area contributed by atoms with E-state index in [2.05, 4.69) is 46.3 Å². The zero-order valence-corrected chi connectivity index (χ0v) is 18.6. The van der Waals surface area contributed by atoms with Gasteiger partial charge in [-0.2, -0.15) is 0 Å². The summed E-state index contributed by atoms with van der Waals surface area (Å²) >= 11 is 0. The molecule has 1 aromatic carbocycles. The van der Waals surface area contributed by atoms with E-state index in [1.165, 1.54) is 82.0 Å². The molecule has 0 aromatic heterocycles. The molecule has 3 aliphatic carbocycles. The Hall–Kier alpha value is -1.55. The van der Waals surface area contributed by atoms with Crippen LogP contribution in [0.15, 0.2) is 24.3 Å². The highest BCUT2D eigenvalue weighted by Crippen LogP contribution is 2.43. The number of rotatable bonds is 5. The molecule has 4 unspecified atom stereocenters. The van der Waals surface area contributed by atoms with Gasteiger partial charge in [0.05, 0.1) is 11.4 Å². The highest BCUT2D eigenvalue weighted by atomic mass is 16.1. The van der Waals surface area contributed by atoms with E-state index in [9.17, 15) is 4.79 Å². The van der Waals surface area contributed by atoms with E-state index in [1.807, 2.05) is 0 Å². The van der Waals surface area contributed by atoms with Crippen molar-refractivity contribution in [1.82, 2.24) is 5.32 Å². The number of para-hydroxylation sites is 2. The number of hydrogen-bond acceptors (Lipinski definition) is 4. The molecule has 1 N–H and O–H groups in total. The Morgan fingerprint density at radius 3 is 2.33 bits per heavy atom. The molecule has 4 nitrogen and oxygen atoms in total. The molecular weight excluding hydrogens is 370 g/mol. The lowest BCUT2D eigenvalue weighted by atomic mass is 9.69. The molecule has 1 aliphatic heterocycles. The Labute approximate surface area is 182 Å². The van der Waals surface area contributed by atoms with Gasteiger partial charge in [0, 0.05) is 24.7 Å². The van der Waals surface area contributed by atoms with Crippen molar-refractivity contribution in [2.24, 2.45) is 11.8 Å². The number of fused-ring (bicyclic) bond motifs is 2. The topological polar surface area (TPSA) is 35.6 Å². The van der Waals surface area contributed by atoms with Crippen LogP contribution in [0, 0.1) is 11.8 Å². The third-order valence-electron chi connectivity index (χ3n) is 8.64. The molecule has 0 bridgehead atoms. The van der Waals surface area contributed by atoms with Gasteiger partial charge in [0.1, 0.15) is 0 Å². The standard InChI is InChI=1S/C26H39N3O/c1-2-28-24-9-5-6-10-25(24)29(26(28)18-30)23-15-13-21(14-16-23)27-22-12-11-19-7-3-4-8-20(19)17-22/h5-6,9-10,18-23,26-27H,2-4,7-8,11-17H2,1H3. The predicted molar refractivity (Wildman–Crippen MR) is 124 cm³/mol. The van der Waals surface area contributed by atoms with E-state index in [4.69, 9.17) is 0 Å². The lowest BCUT2D eigenvalue weighted by Gasteiger charge is -2.43. The highest BCUT2D eigenvalue weighted by Gasteiger charge is 2.40. The Balaban J connectivity index is 1.19. The summed E-state index contributed by atoms with van der Waals surface area (Å²) in [5, 5.41) is 4.07. The van der Waals surface area contributed by atoms with Gasteiger partial charge in [-0.1, -0.05) is 37.8 Å². The first kappa shape index (κ1) is 20.4. The second-order valence-corrected chi connectivity index (χ2v) is 10.2. The molecule has 30 heavy (non-hydrogen) atoms. The minimum Gasteiger partial charge on any atom is -0.344 e.